The molecular weight excluding hydrogens is 478 g/mol. The molecule has 1 saturated carbocycles. The highest BCUT2D eigenvalue weighted by molar-refractivity contribution is 7.90. The highest BCUT2D eigenvalue weighted by Gasteiger charge is 2.40. The van der Waals surface area contributed by atoms with Gasteiger partial charge in [0, 0.05) is 23.9 Å². The fourth-order valence-corrected chi connectivity index (χ4v) is 5.48. The van der Waals surface area contributed by atoms with E-state index in [-0.39, 0.29) is 27.5 Å². The van der Waals surface area contributed by atoms with E-state index in [4.69, 9.17) is 0 Å². The Morgan fingerprint density at radius 2 is 1.86 bits per heavy atom. The third kappa shape index (κ3) is 5.23. The molecule has 2 aromatic carbocycles. The van der Waals surface area contributed by atoms with Crippen molar-refractivity contribution in [1.29, 1.82) is 0 Å². The van der Waals surface area contributed by atoms with Crippen LogP contribution in [0.3, 0.4) is 0 Å². The molecule has 0 bridgehead atoms. The fraction of sp³-hybridized carbons (Fsp3) is 0.440. The molecule has 7 nitrogen and oxygen atoms in total. The molecule has 2 atom stereocenters. The lowest BCUT2D eigenvalue weighted by atomic mass is 9.74. The Morgan fingerprint density at radius 3 is 2.51 bits per heavy atom. The van der Waals surface area contributed by atoms with E-state index in [1.54, 1.807) is 0 Å². The number of benzene rings is 2. The number of halogens is 2. The summed E-state index contributed by atoms with van der Waals surface area (Å²) in [6, 6.07) is 6.12. The molecule has 0 spiro atoms. The summed E-state index contributed by atoms with van der Waals surface area (Å²) in [5.41, 5.74) is 0.307. The smallest absolute Gasteiger partial charge is 0.254 e. The van der Waals surface area contributed by atoms with Gasteiger partial charge in [-0.2, -0.15) is 0 Å². The van der Waals surface area contributed by atoms with Crippen molar-refractivity contribution in [3.63, 3.8) is 0 Å². The Morgan fingerprint density at radius 1 is 1.14 bits per heavy atom. The minimum atomic E-state index is -3.52. The van der Waals surface area contributed by atoms with Gasteiger partial charge >= 0.3 is 0 Å². The lowest BCUT2D eigenvalue weighted by Crippen LogP contribution is -2.49. The van der Waals surface area contributed by atoms with Gasteiger partial charge in [0.2, 0.25) is 5.91 Å². The van der Waals surface area contributed by atoms with E-state index in [1.165, 1.54) is 36.1 Å². The molecule has 0 aromatic heterocycles. The topological polar surface area (TPSA) is 104 Å². The van der Waals surface area contributed by atoms with Crippen LogP contribution < -0.4 is 5.32 Å². The molecular formula is C25H28F2N2O5S. The number of sulfone groups is 1. The summed E-state index contributed by atoms with van der Waals surface area (Å²) in [5.74, 6) is -2.49. The third-order valence-electron chi connectivity index (χ3n) is 6.86. The maximum absolute atomic E-state index is 14.8. The van der Waals surface area contributed by atoms with Crippen LogP contribution in [-0.2, 0) is 14.6 Å². The number of rotatable bonds is 6. The first-order valence-electron chi connectivity index (χ1n) is 11.5. The summed E-state index contributed by atoms with van der Waals surface area (Å²) in [6.45, 7) is 1.75. The van der Waals surface area contributed by atoms with Crippen LogP contribution in [0, 0.1) is 24.5 Å². The second-order valence-electron chi connectivity index (χ2n) is 9.45. The predicted molar refractivity (Wildman–Crippen MR) is 124 cm³/mol. The van der Waals surface area contributed by atoms with Crippen molar-refractivity contribution in [2.45, 2.75) is 55.7 Å². The summed E-state index contributed by atoms with van der Waals surface area (Å²) in [6.07, 6.45) is 2.11. The maximum atomic E-state index is 14.8. The zero-order chi connectivity index (χ0) is 25.5. The molecule has 2 fully saturated rings. The third-order valence-corrected chi connectivity index (χ3v) is 7.97. The number of amides is 2. The van der Waals surface area contributed by atoms with E-state index >= 15 is 0 Å². The Labute approximate surface area is 203 Å². The van der Waals surface area contributed by atoms with Crippen LogP contribution in [0.15, 0.2) is 41.3 Å². The predicted octanol–water partition coefficient (Wildman–Crippen LogP) is 2.91. The van der Waals surface area contributed by atoms with Crippen LogP contribution in [0.5, 0.6) is 0 Å². The van der Waals surface area contributed by atoms with Gasteiger partial charge in [0.15, 0.2) is 9.84 Å². The average molecular weight is 507 g/mol. The number of aliphatic hydroxyl groups is 1. The standard InChI is InChI=1S/C25H28F2N2O5S/c1-14-9-21(27)19(13-20(14)26)23(16-10-17(30)11-16)28-24(31)22-7-4-8-29(22)25(32)15-5-3-6-18(12-15)35(2,33)34/h3,5-6,9,12-13,16-17,22-23,30H,4,7-8,10-11H2,1-2H3,(H,28,31)/t16-,17+,22-,23-/m1/s1. The SMILES string of the molecule is Cc1cc(F)c([C@H](NC(=O)[C@H]2CCCN2C(=O)c2cccc(S(C)(=O)=O)c2)[C@H]2C[C@@H](O)C2)cc1F. The number of aliphatic hydroxyl groups excluding tert-OH is 1. The molecule has 0 radical (unpaired) electrons. The van der Waals surface area contributed by atoms with Crippen molar-refractivity contribution in [2.24, 2.45) is 5.92 Å². The summed E-state index contributed by atoms with van der Waals surface area (Å²) in [7, 11) is -3.52. The minimum Gasteiger partial charge on any atom is -0.393 e. The van der Waals surface area contributed by atoms with E-state index in [1.807, 2.05) is 0 Å². The van der Waals surface area contributed by atoms with Crippen LogP contribution in [0.4, 0.5) is 8.78 Å². The van der Waals surface area contributed by atoms with E-state index in [0.29, 0.717) is 32.2 Å². The molecule has 2 amide bonds. The van der Waals surface area contributed by atoms with Gasteiger partial charge in [-0.25, -0.2) is 17.2 Å². The van der Waals surface area contributed by atoms with Gasteiger partial charge in [-0.1, -0.05) is 6.07 Å². The Kier molecular flexibility index (Phi) is 6.97. The molecule has 188 valence electrons. The number of carbonyl (C=O) groups excluding carboxylic acids is 2. The minimum absolute atomic E-state index is 0.00373. The second-order valence-corrected chi connectivity index (χ2v) is 11.5. The quantitative estimate of drug-likeness (QED) is 0.627. The summed E-state index contributed by atoms with van der Waals surface area (Å²) in [4.78, 5) is 27.9. The molecule has 0 unspecified atom stereocenters. The first kappa shape index (κ1) is 25.2. The largest absolute Gasteiger partial charge is 0.393 e. The van der Waals surface area contributed by atoms with E-state index in [2.05, 4.69) is 5.32 Å². The zero-order valence-corrected chi connectivity index (χ0v) is 20.3. The number of aryl methyl sites for hydroxylation is 1. The van der Waals surface area contributed by atoms with E-state index in [0.717, 1.165) is 18.4 Å². The van der Waals surface area contributed by atoms with Gasteiger partial charge in [0.25, 0.3) is 5.91 Å². The van der Waals surface area contributed by atoms with Crippen LogP contribution in [0.1, 0.15) is 53.2 Å². The van der Waals surface area contributed by atoms with Gasteiger partial charge in [0.05, 0.1) is 17.0 Å². The Bertz CT molecular complexity index is 1260. The van der Waals surface area contributed by atoms with Crippen molar-refractivity contribution in [2.75, 3.05) is 12.8 Å². The second kappa shape index (κ2) is 9.66. The lowest BCUT2D eigenvalue weighted by Gasteiger charge is -2.39. The molecule has 10 heteroatoms. The zero-order valence-electron chi connectivity index (χ0n) is 19.5. The molecule has 1 aliphatic heterocycles. The highest BCUT2D eigenvalue weighted by Crippen LogP contribution is 2.39. The summed E-state index contributed by atoms with van der Waals surface area (Å²) < 4.78 is 52.8. The highest BCUT2D eigenvalue weighted by atomic mass is 32.2. The first-order chi connectivity index (χ1) is 16.5. The van der Waals surface area contributed by atoms with Crippen LogP contribution >= 0.6 is 0 Å². The van der Waals surface area contributed by atoms with Crippen molar-refractivity contribution in [1.82, 2.24) is 10.2 Å². The number of likely N-dealkylation sites (tertiary alicyclic amines) is 1. The number of hydrogen-bond acceptors (Lipinski definition) is 5. The van der Waals surface area contributed by atoms with Crippen LogP contribution in [0.25, 0.3) is 0 Å². The van der Waals surface area contributed by atoms with E-state index in [9.17, 15) is 31.9 Å². The van der Waals surface area contributed by atoms with Crippen molar-refractivity contribution < 1.29 is 31.9 Å². The first-order valence-corrected chi connectivity index (χ1v) is 13.4. The molecule has 4 rings (SSSR count). The molecule has 2 N–H and O–H groups in total. The Balaban J connectivity index is 1.57. The summed E-state index contributed by atoms with van der Waals surface area (Å²) in [5, 5.41) is 12.6. The van der Waals surface area contributed by atoms with Gasteiger partial charge in [0.1, 0.15) is 17.7 Å². The summed E-state index contributed by atoms with van der Waals surface area (Å²) >= 11 is 0. The van der Waals surface area contributed by atoms with Crippen molar-refractivity contribution >= 4 is 21.7 Å². The van der Waals surface area contributed by atoms with Crippen LogP contribution in [-0.4, -0.2) is 55.2 Å². The lowest BCUT2D eigenvalue weighted by molar-refractivity contribution is -0.126. The number of hydrogen-bond donors (Lipinski definition) is 2. The van der Waals surface area contributed by atoms with Gasteiger partial charge in [-0.05, 0) is 74.4 Å². The number of nitrogens with one attached hydrogen (secondary N) is 1. The normalized spacial score (nSPS) is 23.0. The van der Waals surface area contributed by atoms with Crippen molar-refractivity contribution in [3.05, 3.63) is 64.7 Å². The molecule has 1 saturated heterocycles. The fourth-order valence-electron chi connectivity index (χ4n) is 4.81. The van der Waals surface area contributed by atoms with Gasteiger partial charge in [-0.15, -0.1) is 0 Å². The number of nitrogens with zero attached hydrogens (tertiary/aromatic N) is 1. The molecule has 1 heterocycles. The monoisotopic (exact) mass is 506 g/mol. The van der Waals surface area contributed by atoms with Gasteiger partial charge in [-0.3, -0.25) is 9.59 Å². The Hall–Kier alpha value is -2.85. The number of carbonyl (C=O) groups is 2. The molecule has 2 aliphatic rings. The maximum Gasteiger partial charge on any atom is 0.254 e. The van der Waals surface area contributed by atoms with Crippen molar-refractivity contribution in [3.8, 4) is 0 Å². The van der Waals surface area contributed by atoms with E-state index < -0.39 is 51.5 Å². The average Bonchev–Trinajstić information content (AvgIpc) is 3.27. The molecule has 1 aliphatic carbocycles. The van der Waals surface area contributed by atoms with Crippen LogP contribution in [0.2, 0.25) is 0 Å². The van der Waals surface area contributed by atoms with Gasteiger partial charge < -0.3 is 15.3 Å². The molecule has 2 aromatic rings. The molecule has 35 heavy (non-hydrogen) atoms.